The van der Waals surface area contributed by atoms with Crippen LogP contribution in [-0.2, 0) is 4.79 Å². The number of benzene rings is 2. The van der Waals surface area contributed by atoms with Gasteiger partial charge in [-0.15, -0.1) is 11.3 Å². The minimum Gasteiger partial charge on any atom is -0.484 e. The van der Waals surface area contributed by atoms with Crippen molar-refractivity contribution in [1.82, 2.24) is 4.98 Å². The van der Waals surface area contributed by atoms with Gasteiger partial charge in [0.1, 0.15) is 10.8 Å². The monoisotopic (exact) mass is 352 g/mol. The van der Waals surface area contributed by atoms with Crippen molar-refractivity contribution in [2.24, 2.45) is 0 Å². The summed E-state index contributed by atoms with van der Waals surface area (Å²) in [6, 6.07) is 13.5. The molecule has 1 aromatic heterocycles. The third-order valence-corrected chi connectivity index (χ3v) is 4.89. The first-order valence-electron chi connectivity index (χ1n) is 8.04. The maximum atomic E-state index is 12.0. The number of ether oxygens (including phenoxy) is 1. The molecule has 0 saturated carbocycles. The van der Waals surface area contributed by atoms with Crippen molar-refractivity contribution in [3.63, 3.8) is 0 Å². The Morgan fingerprint density at radius 1 is 1.08 bits per heavy atom. The van der Waals surface area contributed by atoms with Crippen molar-refractivity contribution in [3.8, 4) is 16.3 Å². The number of hydrogen-bond donors (Lipinski definition) is 1. The Balaban J connectivity index is 1.55. The molecule has 1 heterocycles. The van der Waals surface area contributed by atoms with Gasteiger partial charge in [-0.05, 0) is 68.3 Å². The molecule has 0 bridgehead atoms. The Kier molecular flexibility index (Phi) is 5.14. The van der Waals surface area contributed by atoms with Gasteiger partial charge in [0.2, 0.25) is 0 Å². The zero-order chi connectivity index (χ0) is 17.8. The summed E-state index contributed by atoms with van der Waals surface area (Å²) < 4.78 is 5.56. The summed E-state index contributed by atoms with van der Waals surface area (Å²) in [5.41, 5.74) is 5.19. The number of carbonyl (C=O) groups is 1. The van der Waals surface area contributed by atoms with Gasteiger partial charge in [-0.3, -0.25) is 4.79 Å². The molecule has 4 nitrogen and oxygen atoms in total. The number of thiazole rings is 1. The second kappa shape index (κ2) is 7.49. The molecule has 0 aliphatic carbocycles. The highest BCUT2D eigenvalue weighted by atomic mass is 32.1. The lowest BCUT2D eigenvalue weighted by molar-refractivity contribution is -0.118. The van der Waals surface area contributed by atoms with E-state index in [0.717, 1.165) is 27.5 Å². The van der Waals surface area contributed by atoms with E-state index in [-0.39, 0.29) is 12.5 Å². The van der Waals surface area contributed by atoms with E-state index >= 15 is 0 Å². The summed E-state index contributed by atoms with van der Waals surface area (Å²) in [5.74, 6) is 0.482. The third-order valence-electron chi connectivity index (χ3n) is 3.88. The summed E-state index contributed by atoms with van der Waals surface area (Å²) in [6.07, 6.45) is 0. The minimum atomic E-state index is -0.178. The van der Waals surface area contributed by atoms with Crippen LogP contribution in [0.4, 0.5) is 5.69 Å². The van der Waals surface area contributed by atoms with Crippen molar-refractivity contribution in [1.29, 1.82) is 0 Å². The van der Waals surface area contributed by atoms with Crippen LogP contribution in [-0.4, -0.2) is 17.5 Å². The highest BCUT2D eigenvalue weighted by Crippen LogP contribution is 2.25. The highest BCUT2D eigenvalue weighted by molar-refractivity contribution is 7.13. The highest BCUT2D eigenvalue weighted by Gasteiger charge is 2.06. The van der Waals surface area contributed by atoms with E-state index in [1.807, 2.05) is 68.6 Å². The number of aryl methyl sites for hydroxylation is 3. The molecule has 1 amide bonds. The molecule has 0 spiro atoms. The molecular formula is C20H20N2O2S. The number of rotatable bonds is 5. The Labute approximate surface area is 151 Å². The van der Waals surface area contributed by atoms with E-state index in [4.69, 9.17) is 4.74 Å². The van der Waals surface area contributed by atoms with Crippen LogP contribution in [0.1, 0.15) is 16.8 Å². The first kappa shape index (κ1) is 17.2. The summed E-state index contributed by atoms with van der Waals surface area (Å²) in [5, 5.41) is 5.86. The first-order chi connectivity index (χ1) is 12.0. The van der Waals surface area contributed by atoms with Crippen molar-refractivity contribution in [2.75, 3.05) is 11.9 Å². The molecule has 2 aromatic carbocycles. The van der Waals surface area contributed by atoms with E-state index in [9.17, 15) is 4.79 Å². The van der Waals surface area contributed by atoms with Gasteiger partial charge in [0, 0.05) is 22.3 Å². The second-order valence-electron chi connectivity index (χ2n) is 5.95. The molecule has 0 aliphatic rings. The van der Waals surface area contributed by atoms with E-state index in [2.05, 4.69) is 10.3 Å². The number of amides is 1. The number of hydrogen-bond acceptors (Lipinski definition) is 4. The van der Waals surface area contributed by atoms with Crippen LogP contribution in [0.5, 0.6) is 5.75 Å². The average molecular weight is 352 g/mol. The van der Waals surface area contributed by atoms with Gasteiger partial charge in [0.25, 0.3) is 5.91 Å². The molecular weight excluding hydrogens is 332 g/mol. The summed E-state index contributed by atoms with van der Waals surface area (Å²) >= 11 is 1.61. The second-order valence-corrected chi connectivity index (χ2v) is 6.81. The lowest BCUT2D eigenvalue weighted by Crippen LogP contribution is -2.20. The largest absolute Gasteiger partial charge is 0.484 e. The van der Waals surface area contributed by atoms with E-state index < -0.39 is 0 Å². The predicted octanol–water partition coefficient (Wildman–Crippen LogP) is 4.75. The van der Waals surface area contributed by atoms with Crippen LogP contribution in [0.25, 0.3) is 10.6 Å². The standard InChI is InChI=1S/C20H20N2O2S/c1-13-4-7-17(10-14(13)2)22-19(23)11-24-18-8-5-16(6-9-18)20-21-15(3)12-25-20/h4-10,12H,11H2,1-3H3,(H,22,23). The maximum Gasteiger partial charge on any atom is 0.262 e. The maximum absolute atomic E-state index is 12.0. The Bertz CT molecular complexity index is 885. The molecule has 0 atom stereocenters. The van der Waals surface area contributed by atoms with Gasteiger partial charge in [-0.25, -0.2) is 4.98 Å². The molecule has 1 N–H and O–H groups in total. The Morgan fingerprint density at radius 2 is 1.84 bits per heavy atom. The van der Waals surface area contributed by atoms with Crippen LogP contribution in [0.2, 0.25) is 0 Å². The Morgan fingerprint density at radius 3 is 2.48 bits per heavy atom. The summed E-state index contributed by atoms with van der Waals surface area (Å²) in [7, 11) is 0. The molecule has 5 heteroatoms. The Hall–Kier alpha value is -2.66. The van der Waals surface area contributed by atoms with Gasteiger partial charge in [-0.2, -0.15) is 0 Å². The molecule has 0 saturated heterocycles. The average Bonchev–Trinajstić information content (AvgIpc) is 3.03. The number of anilines is 1. The fraction of sp³-hybridized carbons (Fsp3) is 0.200. The molecule has 0 aliphatic heterocycles. The topological polar surface area (TPSA) is 51.2 Å². The van der Waals surface area contributed by atoms with Gasteiger partial charge < -0.3 is 10.1 Å². The molecule has 0 fully saturated rings. The fourth-order valence-electron chi connectivity index (χ4n) is 2.35. The number of aromatic nitrogens is 1. The lowest BCUT2D eigenvalue weighted by atomic mass is 10.1. The molecule has 3 aromatic rings. The molecule has 25 heavy (non-hydrogen) atoms. The summed E-state index contributed by atoms with van der Waals surface area (Å²) in [4.78, 5) is 16.5. The smallest absolute Gasteiger partial charge is 0.262 e. The van der Waals surface area contributed by atoms with Crippen molar-refractivity contribution >= 4 is 22.9 Å². The predicted molar refractivity (Wildman–Crippen MR) is 102 cm³/mol. The molecule has 128 valence electrons. The molecule has 3 rings (SSSR count). The van der Waals surface area contributed by atoms with Crippen LogP contribution in [0.15, 0.2) is 47.8 Å². The van der Waals surface area contributed by atoms with Crippen molar-refractivity contribution < 1.29 is 9.53 Å². The molecule has 0 unspecified atom stereocenters. The zero-order valence-electron chi connectivity index (χ0n) is 14.5. The number of nitrogens with one attached hydrogen (secondary N) is 1. The minimum absolute atomic E-state index is 0.0252. The SMILES string of the molecule is Cc1csc(-c2ccc(OCC(=O)Nc3ccc(C)c(C)c3)cc2)n1. The van der Waals surface area contributed by atoms with Crippen LogP contribution < -0.4 is 10.1 Å². The normalized spacial score (nSPS) is 10.5. The van der Waals surface area contributed by atoms with Crippen LogP contribution in [0, 0.1) is 20.8 Å². The van der Waals surface area contributed by atoms with Gasteiger partial charge in [-0.1, -0.05) is 6.07 Å². The molecule has 0 radical (unpaired) electrons. The van der Waals surface area contributed by atoms with Crippen LogP contribution in [0.3, 0.4) is 0 Å². The number of nitrogens with zero attached hydrogens (tertiary/aromatic N) is 1. The number of carbonyl (C=O) groups excluding carboxylic acids is 1. The van der Waals surface area contributed by atoms with Crippen molar-refractivity contribution in [2.45, 2.75) is 20.8 Å². The zero-order valence-corrected chi connectivity index (χ0v) is 15.3. The van der Waals surface area contributed by atoms with Crippen LogP contribution >= 0.6 is 11.3 Å². The van der Waals surface area contributed by atoms with Crippen molar-refractivity contribution in [3.05, 3.63) is 64.7 Å². The quantitative estimate of drug-likeness (QED) is 0.721. The first-order valence-corrected chi connectivity index (χ1v) is 8.92. The third kappa shape index (κ3) is 4.45. The van der Waals surface area contributed by atoms with E-state index in [0.29, 0.717) is 5.75 Å². The van der Waals surface area contributed by atoms with E-state index in [1.54, 1.807) is 11.3 Å². The van der Waals surface area contributed by atoms with Gasteiger partial charge in [0.05, 0.1) is 0 Å². The lowest BCUT2D eigenvalue weighted by Gasteiger charge is -2.09. The van der Waals surface area contributed by atoms with Gasteiger partial charge in [0.15, 0.2) is 6.61 Å². The van der Waals surface area contributed by atoms with Gasteiger partial charge >= 0.3 is 0 Å². The van der Waals surface area contributed by atoms with E-state index in [1.165, 1.54) is 5.56 Å². The fourth-order valence-corrected chi connectivity index (χ4v) is 3.15. The summed E-state index contributed by atoms with van der Waals surface area (Å²) in [6.45, 7) is 6.02.